The third kappa shape index (κ3) is 4.04. The van der Waals surface area contributed by atoms with Crippen molar-refractivity contribution in [1.82, 2.24) is 4.72 Å². The molecule has 0 aromatic heterocycles. The third-order valence-electron chi connectivity index (χ3n) is 5.37. The second-order valence-electron chi connectivity index (χ2n) is 7.22. The molecule has 6 nitrogen and oxygen atoms in total. The van der Waals surface area contributed by atoms with Crippen molar-refractivity contribution >= 4 is 32.4 Å². The molecule has 0 bridgehead atoms. The summed E-state index contributed by atoms with van der Waals surface area (Å²) in [7, 11) is -2.10. The monoisotopic (exact) mass is 424 g/mol. The lowest BCUT2D eigenvalue weighted by Gasteiger charge is -2.18. The molecule has 0 saturated heterocycles. The molecule has 0 fully saturated rings. The Morgan fingerprint density at radius 2 is 1.90 bits per heavy atom. The Balaban J connectivity index is 1.36. The standard InChI is InChI=1S/C23H24N2O4S/c1-24-30(27,28)19-11-12-21-18(16-19)13-14-25(21)23(26)10-5-15-29-22-9-4-7-17-6-2-3-8-20(17)22/h2-4,6-9,11-12,16,24H,5,10,13-15H2,1H3. The van der Waals surface area contributed by atoms with Gasteiger partial charge in [-0.25, -0.2) is 13.1 Å². The van der Waals surface area contributed by atoms with E-state index in [0.717, 1.165) is 27.8 Å². The van der Waals surface area contributed by atoms with Gasteiger partial charge in [0, 0.05) is 24.0 Å². The van der Waals surface area contributed by atoms with Crippen LogP contribution in [0.2, 0.25) is 0 Å². The summed E-state index contributed by atoms with van der Waals surface area (Å²) in [5.41, 5.74) is 1.68. The number of benzene rings is 3. The quantitative estimate of drug-likeness (QED) is 0.589. The van der Waals surface area contributed by atoms with Crippen molar-refractivity contribution in [2.45, 2.75) is 24.2 Å². The SMILES string of the molecule is CNS(=O)(=O)c1ccc2c(c1)CCN2C(=O)CCCOc1cccc2ccccc12. The van der Waals surface area contributed by atoms with Crippen LogP contribution in [0.1, 0.15) is 18.4 Å². The number of hydrogen-bond acceptors (Lipinski definition) is 4. The van der Waals surface area contributed by atoms with Crippen LogP contribution in [0.3, 0.4) is 0 Å². The van der Waals surface area contributed by atoms with Crippen molar-refractivity contribution in [3.63, 3.8) is 0 Å². The molecule has 0 spiro atoms. The molecule has 0 unspecified atom stereocenters. The van der Waals surface area contributed by atoms with Gasteiger partial charge in [0.2, 0.25) is 15.9 Å². The zero-order chi connectivity index (χ0) is 21.1. The molecule has 4 rings (SSSR count). The van der Waals surface area contributed by atoms with Crippen LogP contribution in [0.5, 0.6) is 5.75 Å². The minimum absolute atomic E-state index is 0.0273. The van der Waals surface area contributed by atoms with Crippen LogP contribution >= 0.6 is 0 Å². The van der Waals surface area contributed by atoms with Gasteiger partial charge in [0.15, 0.2) is 0 Å². The average molecular weight is 425 g/mol. The fourth-order valence-electron chi connectivity index (χ4n) is 3.78. The lowest BCUT2D eigenvalue weighted by molar-refractivity contribution is -0.118. The molecular weight excluding hydrogens is 400 g/mol. The van der Waals surface area contributed by atoms with Crippen molar-refractivity contribution < 1.29 is 17.9 Å². The molecule has 0 atom stereocenters. The number of ether oxygens (including phenoxy) is 1. The topological polar surface area (TPSA) is 75.7 Å². The first-order chi connectivity index (χ1) is 14.5. The largest absolute Gasteiger partial charge is 0.493 e. The molecule has 1 aliphatic heterocycles. The lowest BCUT2D eigenvalue weighted by Crippen LogP contribution is -2.29. The summed E-state index contributed by atoms with van der Waals surface area (Å²) in [6, 6.07) is 18.9. The minimum Gasteiger partial charge on any atom is -0.493 e. The van der Waals surface area contributed by atoms with Gasteiger partial charge in [-0.2, -0.15) is 0 Å². The number of carbonyl (C=O) groups is 1. The van der Waals surface area contributed by atoms with E-state index in [-0.39, 0.29) is 10.8 Å². The Labute approximate surface area is 176 Å². The molecule has 3 aromatic carbocycles. The summed E-state index contributed by atoms with van der Waals surface area (Å²) in [6.45, 7) is 1.03. The summed E-state index contributed by atoms with van der Waals surface area (Å²) >= 11 is 0. The highest BCUT2D eigenvalue weighted by Crippen LogP contribution is 2.31. The summed E-state index contributed by atoms with van der Waals surface area (Å²) in [5, 5.41) is 2.19. The zero-order valence-corrected chi connectivity index (χ0v) is 17.6. The van der Waals surface area contributed by atoms with E-state index < -0.39 is 10.0 Å². The highest BCUT2D eigenvalue weighted by Gasteiger charge is 2.26. The first kappa shape index (κ1) is 20.4. The highest BCUT2D eigenvalue weighted by atomic mass is 32.2. The first-order valence-electron chi connectivity index (χ1n) is 9.97. The fourth-order valence-corrected chi connectivity index (χ4v) is 4.56. The van der Waals surface area contributed by atoms with Crippen molar-refractivity contribution in [3.8, 4) is 5.75 Å². The molecule has 7 heteroatoms. The van der Waals surface area contributed by atoms with E-state index in [9.17, 15) is 13.2 Å². The predicted octanol–water partition coefficient (Wildman–Crippen LogP) is 3.50. The number of rotatable bonds is 7. The second-order valence-corrected chi connectivity index (χ2v) is 9.11. The van der Waals surface area contributed by atoms with Gasteiger partial charge in [-0.1, -0.05) is 36.4 Å². The predicted molar refractivity (Wildman–Crippen MR) is 117 cm³/mol. The van der Waals surface area contributed by atoms with Gasteiger partial charge < -0.3 is 9.64 Å². The molecule has 0 radical (unpaired) electrons. The number of amides is 1. The first-order valence-corrected chi connectivity index (χ1v) is 11.5. The molecule has 1 aliphatic rings. The maximum Gasteiger partial charge on any atom is 0.240 e. The maximum absolute atomic E-state index is 12.7. The van der Waals surface area contributed by atoms with Gasteiger partial charge in [0.05, 0.1) is 11.5 Å². The van der Waals surface area contributed by atoms with Crippen molar-refractivity contribution in [2.24, 2.45) is 0 Å². The van der Waals surface area contributed by atoms with Gasteiger partial charge in [-0.15, -0.1) is 0 Å². The normalized spacial score (nSPS) is 13.4. The molecular formula is C23H24N2O4S. The molecule has 1 heterocycles. The van der Waals surface area contributed by atoms with Crippen LogP contribution in [0.25, 0.3) is 10.8 Å². The number of carbonyl (C=O) groups excluding carboxylic acids is 1. The summed E-state index contributed by atoms with van der Waals surface area (Å²) in [4.78, 5) is 14.7. The third-order valence-corrected chi connectivity index (χ3v) is 6.78. The lowest BCUT2D eigenvalue weighted by atomic mass is 10.1. The smallest absolute Gasteiger partial charge is 0.240 e. The Bertz CT molecular complexity index is 1190. The molecule has 0 aliphatic carbocycles. The van der Waals surface area contributed by atoms with Gasteiger partial charge in [0.25, 0.3) is 0 Å². The van der Waals surface area contributed by atoms with Gasteiger partial charge in [-0.05, 0) is 55.1 Å². The molecule has 1 amide bonds. The van der Waals surface area contributed by atoms with Crippen LogP contribution in [0.4, 0.5) is 5.69 Å². The Hall–Kier alpha value is -2.90. The molecule has 0 saturated carbocycles. The number of nitrogens with one attached hydrogen (secondary N) is 1. The van der Waals surface area contributed by atoms with Crippen LogP contribution in [-0.4, -0.2) is 34.5 Å². The number of sulfonamides is 1. The van der Waals surface area contributed by atoms with E-state index in [0.29, 0.717) is 32.4 Å². The summed E-state index contributed by atoms with van der Waals surface area (Å²) in [5.74, 6) is 0.852. The van der Waals surface area contributed by atoms with E-state index in [4.69, 9.17) is 4.74 Å². The zero-order valence-electron chi connectivity index (χ0n) is 16.8. The van der Waals surface area contributed by atoms with Crippen LogP contribution in [-0.2, 0) is 21.2 Å². The van der Waals surface area contributed by atoms with Crippen LogP contribution in [0.15, 0.2) is 65.6 Å². The van der Waals surface area contributed by atoms with E-state index in [2.05, 4.69) is 4.72 Å². The number of hydrogen-bond donors (Lipinski definition) is 1. The Kier molecular flexibility index (Phi) is 5.74. The second kappa shape index (κ2) is 8.45. The number of fused-ring (bicyclic) bond motifs is 2. The number of anilines is 1. The van der Waals surface area contributed by atoms with E-state index >= 15 is 0 Å². The maximum atomic E-state index is 12.7. The fraction of sp³-hybridized carbons (Fsp3) is 0.261. The average Bonchev–Trinajstić information content (AvgIpc) is 3.20. The Morgan fingerprint density at radius 3 is 2.73 bits per heavy atom. The summed E-state index contributed by atoms with van der Waals surface area (Å²) < 4.78 is 32.2. The molecule has 156 valence electrons. The highest BCUT2D eigenvalue weighted by molar-refractivity contribution is 7.89. The molecule has 3 aromatic rings. The van der Waals surface area contributed by atoms with Crippen molar-refractivity contribution in [3.05, 3.63) is 66.2 Å². The van der Waals surface area contributed by atoms with Crippen LogP contribution < -0.4 is 14.4 Å². The Morgan fingerprint density at radius 1 is 1.10 bits per heavy atom. The molecule has 1 N–H and O–H groups in total. The van der Waals surface area contributed by atoms with Crippen molar-refractivity contribution in [1.29, 1.82) is 0 Å². The molecule has 30 heavy (non-hydrogen) atoms. The van der Waals surface area contributed by atoms with Crippen LogP contribution in [0, 0.1) is 0 Å². The number of nitrogens with zero attached hydrogens (tertiary/aromatic N) is 1. The minimum atomic E-state index is -3.49. The van der Waals surface area contributed by atoms with Crippen molar-refractivity contribution in [2.75, 3.05) is 25.1 Å². The van der Waals surface area contributed by atoms with E-state index in [1.807, 2.05) is 42.5 Å². The van der Waals surface area contributed by atoms with Gasteiger partial charge in [0.1, 0.15) is 5.75 Å². The summed E-state index contributed by atoms with van der Waals surface area (Å²) in [6.07, 6.45) is 1.64. The van der Waals surface area contributed by atoms with E-state index in [1.165, 1.54) is 7.05 Å². The van der Waals surface area contributed by atoms with Gasteiger partial charge >= 0.3 is 0 Å². The van der Waals surface area contributed by atoms with Gasteiger partial charge in [-0.3, -0.25) is 4.79 Å². The van der Waals surface area contributed by atoms with E-state index in [1.54, 1.807) is 23.1 Å².